The van der Waals surface area contributed by atoms with Crippen molar-refractivity contribution in [2.24, 2.45) is 11.1 Å². The highest BCUT2D eigenvalue weighted by Gasteiger charge is 2.19. The number of nitrogens with zero attached hydrogens (tertiary/aromatic N) is 1. The van der Waals surface area contributed by atoms with E-state index in [1.807, 2.05) is 0 Å². The summed E-state index contributed by atoms with van der Waals surface area (Å²) in [5, 5.41) is 0. The van der Waals surface area contributed by atoms with Crippen molar-refractivity contribution < 1.29 is 4.74 Å². The van der Waals surface area contributed by atoms with Gasteiger partial charge in [-0.3, -0.25) is 0 Å². The lowest BCUT2D eigenvalue weighted by atomic mass is 9.95. The molecule has 0 spiro atoms. The van der Waals surface area contributed by atoms with E-state index < -0.39 is 0 Å². The molecule has 0 rings (SSSR count). The Balaban J connectivity index is 4.09. The van der Waals surface area contributed by atoms with Gasteiger partial charge in [0.15, 0.2) is 0 Å². The van der Waals surface area contributed by atoms with Crippen LogP contribution in [0.25, 0.3) is 0 Å². The first-order valence-corrected chi connectivity index (χ1v) is 5.80. The molecule has 0 saturated heterocycles. The fourth-order valence-electron chi connectivity index (χ4n) is 1.85. The van der Waals surface area contributed by atoms with Crippen molar-refractivity contribution in [2.45, 2.75) is 39.7 Å². The van der Waals surface area contributed by atoms with E-state index in [1.165, 1.54) is 0 Å². The molecule has 0 aliphatic carbocycles. The molecule has 0 radical (unpaired) electrons. The minimum Gasteiger partial charge on any atom is -0.383 e. The quantitative estimate of drug-likeness (QED) is 0.704. The molecule has 0 amide bonds. The van der Waals surface area contributed by atoms with Crippen molar-refractivity contribution >= 4 is 0 Å². The average molecular weight is 216 g/mol. The van der Waals surface area contributed by atoms with Crippen LogP contribution in [0.2, 0.25) is 0 Å². The fraction of sp³-hybridized carbons (Fsp3) is 1.00. The SMILES string of the molecule is COCC(CCCN)N(C)CC(C)(C)C. The van der Waals surface area contributed by atoms with Gasteiger partial charge in [0.05, 0.1) is 6.61 Å². The van der Waals surface area contributed by atoms with Crippen LogP contribution in [-0.2, 0) is 4.74 Å². The third-order valence-corrected chi connectivity index (χ3v) is 2.45. The Morgan fingerprint density at radius 2 is 1.93 bits per heavy atom. The van der Waals surface area contributed by atoms with Gasteiger partial charge in [0, 0.05) is 19.7 Å². The maximum Gasteiger partial charge on any atom is 0.0617 e. The molecule has 1 atom stereocenters. The highest BCUT2D eigenvalue weighted by Crippen LogP contribution is 2.17. The molecular weight excluding hydrogens is 188 g/mol. The number of rotatable bonds is 7. The summed E-state index contributed by atoms with van der Waals surface area (Å²) in [6.45, 7) is 9.44. The molecule has 0 aromatic heterocycles. The summed E-state index contributed by atoms with van der Waals surface area (Å²) >= 11 is 0. The maximum atomic E-state index is 5.54. The van der Waals surface area contributed by atoms with Crippen molar-refractivity contribution in [3.8, 4) is 0 Å². The highest BCUT2D eigenvalue weighted by atomic mass is 16.5. The van der Waals surface area contributed by atoms with Gasteiger partial charge in [-0.15, -0.1) is 0 Å². The molecule has 0 heterocycles. The van der Waals surface area contributed by atoms with Gasteiger partial charge in [0.25, 0.3) is 0 Å². The molecule has 0 saturated carbocycles. The van der Waals surface area contributed by atoms with Crippen LogP contribution in [0, 0.1) is 5.41 Å². The number of likely N-dealkylation sites (N-methyl/N-ethyl adjacent to an activating group) is 1. The number of nitrogens with two attached hydrogens (primary N) is 1. The smallest absolute Gasteiger partial charge is 0.0617 e. The second-order valence-corrected chi connectivity index (χ2v) is 5.52. The molecule has 3 nitrogen and oxygen atoms in total. The van der Waals surface area contributed by atoms with Gasteiger partial charge in [-0.1, -0.05) is 20.8 Å². The van der Waals surface area contributed by atoms with E-state index >= 15 is 0 Å². The Morgan fingerprint density at radius 3 is 2.33 bits per heavy atom. The molecule has 0 aromatic carbocycles. The van der Waals surface area contributed by atoms with Crippen molar-refractivity contribution in [3.63, 3.8) is 0 Å². The zero-order valence-electron chi connectivity index (χ0n) is 11.0. The van der Waals surface area contributed by atoms with Crippen LogP contribution >= 0.6 is 0 Å². The standard InChI is InChI=1S/C12H28N2O/c1-12(2,3)10-14(4)11(9-15-5)7-6-8-13/h11H,6-10,13H2,1-5H3. The molecule has 0 aliphatic heterocycles. The van der Waals surface area contributed by atoms with Crippen LogP contribution in [0.5, 0.6) is 0 Å². The Bertz CT molecular complexity index is 154. The molecule has 0 aliphatic rings. The molecule has 2 N–H and O–H groups in total. The number of ether oxygens (including phenoxy) is 1. The second-order valence-electron chi connectivity index (χ2n) is 5.52. The van der Waals surface area contributed by atoms with E-state index in [2.05, 4.69) is 32.7 Å². The number of hydrogen-bond acceptors (Lipinski definition) is 3. The van der Waals surface area contributed by atoms with Crippen LogP contribution in [0.15, 0.2) is 0 Å². The Kier molecular flexibility index (Phi) is 7.14. The first-order valence-electron chi connectivity index (χ1n) is 5.80. The van der Waals surface area contributed by atoms with Gasteiger partial charge in [-0.2, -0.15) is 0 Å². The van der Waals surface area contributed by atoms with Crippen LogP contribution in [-0.4, -0.2) is 44.8 Å². The molecule has 3 heteroatoms. The lowest BCUT2D eigenvalue weighted by Crippen LogP contribution is -2.40. The van der Waals surface area contributed by atoms with Crippen molar-refractivity contribution in [2.75, 3.05) is 33.9 Å². The largest absolute Gasteiger partial charge is 0.383 e. The maximum absolute atomic E-state index is 5.54. The Morgan fingerprint density at radius 1 is 1.33 bits per heavy atom. The molecule has 15 heavy (non-hydrogen) atoms. The van der Waals surface area contributed by atoms with Crippen LogP contribution in [0.4, 0.5) is 0 Å². The van der Waals surface area contributed by atoms with Crippen molar-refractivity contribution in [1.29, 1.82) is 0 Å². The second kappa shape index (κ2) is 7.20. The topological polar surface area (TPSA) is 38.5 Å². The van der Waals surface area contributed by atoms with E-state index in [9.17, 15) is 0 Å². The third-order valence-electron chi connectivity index (χ3n) is 2.45. The fourth-order valence-corrected chi connectivity index (χ4v) is 1.85. The van der Waals surface area contributed by atoms with E-state index in [0.717, 1.165) is 32.5 Å². The predicted molar refractivity (Wildman–Crippen MR) is 66.0 cm³/mol. The predicted octanol–water partition coefficient (Wildman–Crippen LogP) is 1.72. The lowest BCUT2D eigenvalue weighted by Gasteiger charge is -2.33. The number of methoxy groups -OCH3 is 1. The minimum atomic E-state index is 0.337. The van der Waals surface area contributed by atoms with Gasteiger partial charge in [-0.25, -0.2) is 0 Å². The molecule has 0 aromatic rings. The lowest BCUT2D eigenvalue weighted by molar-refractivity contribution is 0.0801. The van der Waals surface area contributed by atoms with Crippen molar-refractivity contribution in [1.82, 2.24) is 4.90 Å². The van der Waals surface area contributed by atoms with Gasteiger partial charge < -0.3 is 15.4 Å². The summed E-state index contributed by atoms with van der Waals surface area (Å²) in [5.74, 6) is 0. The normalized spacial score (nSPS) is 14.6. The highest BCUT2D eigenvalue weighted by molar-refractivity contribution is 4.74. The van der Waals surface area contributed by atoms with Gasteiger partial charge >= 0.3 is 0 Å². The van der Waals surface area contributed by atoms with Crippen LogP contribution in [0.1, 0.15) is 33.6 Å². The molecule has 92 valence electrons. The van der Waals surface area contributed by atoms with Gasteiger partial charge in [0.1, 0.15) is 0 Å². The first-order chi connectivity index (χ1) is 6.90. The molecular formula is C12H28N2O. The molecule has 0 bridgehead atoms. The summed E-state index contributed by atoms with van der Waals surface area (Å²) in [5.41, 5.74) is 5.88. The van der Waals surface area contributed by atoms with Gasteiger partial charge in [-0.05, 0) is 31.8 Å². The minimum absolute atomic E-state index is 0.337. The number of hydrogen-bond donors (Lipinski definition) is 1. The van der Waals surface area contributed by atoms with Gasteiger partial charge in [0.2, 0.25) is 0 Å². The Labute approximate surface area is 95.0 Å². The summed E-state index contributed by atoms with van der Waals surface area (Å²) < 4.78 is 5.25. The van der Waals surface area contributed by atoms with Crippen molar-refractivity contribution in [3.05, 3.63) is 0 Å². The summed E-state index contributed by atoms with van der Waals surface area (Å²) in [7, 11) is 3.94. The Hall–Kier alpha value is -0.120. The first kappa shape index (κ1) is 14.9. The summed E-state index contributed by atoms with van der Waals surface area (Å²) in [6, 6.07) is 0.498. The summed E-state index contributed by atoms with van der Waals surface area (Å²) in [6.07, 6.45) is 2.19. The van der Waals surface area contributed by atoms with Crippen LogP contribution in [0.3, 0.4) is 0 Å². The zero-order valence-corrected chi connectivity index (χ0v) is 11.0. The monoisotopic (exact) mass is 216 g/mol. The zero-order chi connectivity index (χ0) is 11.9. The molecule has 1 unspecified atom stereocenters. The average Bonchev–Trinajstić information content (AvgIpc) is 2.09. The summed E-state index contributed by atoms with van der Waals surface area (Å²) in [4.78, 5) is 2.39. The van der Waals surface area contributed by atoms with E-state index in [1.54, 1.807) is 7.11 Å². The van der Waals surface area contributed by atoms with E-state index in [-0.39, 0.29) is 0 Å². The van der Waals surface area contributed by atoms with E-state index in [4.69, 9.17) is 10.5 Å². The van der Waals surface area contributed by atoms with E-state index in [0.29, 0.717) is 11.5 Å². The molecule has 0 fully saturated rings. The third kappa shape index (κ3) is 7.77. The van der Waals surface area contributed by atoms with Crippen LogP contribution < -0.4 is 5.73 Å².